The third-order valence-corrected chi connectivity index (χ3v) is 4.22. The van der Waals surface area contributed by atoms with Gasteiger partial charge in [0.1, 0.15) is 17.2 Å². The van der Waals surface area contributed by atoms with E-state index in [1.54, 1.807) is 37.4 Å². The molecule has 0 unspecified atom stereocenters. The van der Waals surface area contributed by atoms with Gasteiger partial charge in [0.25, 0.3) is 11.8 Å². The van der Waals surface area contributed by atoms with Gasteiger partial charge in [0.2, 0.25) is 0 Å². The summed E-state index contributed by atoms with van der Waals surface area (Å²) in [5, 5.41) is 5.57. The number of methoxy groups -OCH3 is 2. The molecular formula is C22H21N3O4. The Balaban J connectivity index is 1.66. The molecular weight excluding hydrogens is 370 g/mol. The van der Waals surface area contributed by atoms with Gasteiger partial charge in [0.15, 0.2) is 0 Å². The number of nitrogens with zero attached hydrogens (tertiary/aromatic N) is 1. The molecule has 3 rings (SSSR count). The summed E-state index contributed by atoms with van der Waals surface area (Å²) in [5.74, 6) is 0.558. The highest BCUT2D eigenvalue weighted by atomic mass is 16.5. The highest BCUT2D eigenvalue weighted by Crippen LogP contribution is 2.23. The number of ether oxygens (including phenoxy) is 2. The summed E-state index contributed by atoms with van der Waals surface area (Å²) < 4.78 is 10.3. The minimum atomic E-state index is -0.431. The SMILES string of the molecule is COc1ccc(CNC(=O)c2ccnc(C(=O)Nc3ccccc3OC)c2)cc1. The fourth-order valence-corrected chi connectivity index (χ4v) is 2.66. The van der Waals surface area contributed by atoms with Crippen molar-refractivity contribution in [3.63, 3.8) is 0 Å². The van der Waals surface area contributed by atoms with E-state index in [-0.39, 0.29) is 11.6 Å². The first kappa shape index (κ1) is 19.9. The molecule has 0 saturated carbocycles. The van der Waals surface area contributed by atoms with E-state index in [4.69, 9.17) is 9.47 Å². The molecule has 3 aromatic rings. The first-order chi connectivity index (χ1) is 14.1. The Kier molecular flexibility index (Phi) is 6.42. The zero-order chi connectivity index (χ0) is 20.6. The van der Waals surface area contributed by atoms with Gasteiger partial charge in [-0.2, -0.15) is 0 Å². The lowest BCUT2D eigenvalue weighted by molar-refractivity contribution is 0.0951. The molecule has 2 amide bonds. The monoisotopic (exact) mass is 391 g/mol. The Hall–Kier alpha value is -3.87. The third-order valence-electron chi connectivity index (χ3n) is 4.22. The second-order valence-corrected chi connectivity index (χ2v) is 6.11. The molecule has 2 aromatic carbocycles. The molecule has 7 nitrogen and oxygen atoms in total. The fraction of sp³-hybridized carbons (Fsp3) is 0.136. The lowest BCUT2D eigenvalue weighted by Crippen LogP contribution is -2.23. The molecule has 0 radical (unpaired) electrons. The van der Waals surface area contributed by atoms with E-state index in [2.05, 4.69) is 15.6 Å². The normalized spacial score (nSPS) is 10.1. The predicted octanol–water partition coefficient (Wildman–Crippen LogP) is 3.28. The second-order valence-electron chi connectivity index (χ2n) is 6.11. The largest absolute Gasteiger partial charge is 0.497 e. The maximum absolute atomic E-state index is 12.5. The zero-order valence-corrected chi connectivity index (χ0v) is 16.1. The van der Waals surface area contributed by atoms with Gasteiger partial charge in [-0.05, 0) is 42.0 Å². The Morgan fingerprint density at radius 3 is 2.41 bits per heavy atom. The van der Waals surface area contributed by atoms with Crippen LogP contribution < -0.4 is 20.1 Å². The molecule has 0 fully saturated rings. The van der Waals surface area contributed by atoms with Crippen molar-refractivity contribution in [2.45, 2.75) is 6.54 Å². The van der Waals surface area contributed by atoms with Crippen LogP contribution in [0.15, 0.2) is 66.9 Å². The van der Waals surface area contributed by atoms with Gasteiger partial charge in [0, 0.05) is 18.3 Å². The maximum atomic E-state index is 12.5. The van der Waals surface area contributed by atoms with Gasteiger partial charge >= 0.3 is 0 Å². The molecule has 0 bridgehead atoms. The number of nitrogens with one attached hydrogen (secondary N) is 2. The van der Waals surface area contributed by atoms with E-state index in [9.17, 15) is 9.59 Å². The maximum Gasteiger partial charge on any atom is 0.274 e. The molecule has 1 heterocycles. The number of carbonyl (C=O) groups is 2. The van der Waals surface area contributed by atoms with Gasteiger partial charge in [-0.25, -0.2) is 0 Å². The number of benzene rings is 2. The van der Waals surface area contributed by atoms with Crippen molar-refractivity contribution >= 4 is 17.5 Å². The van der Waals surface area contributed by atoms with E-state index in [1.165, 1.54) is 19.4 Å². The molecule has 2 N–H and O–H groups in total. The Bertz CT molecular complexity index is 1000. The Morgan fingerprint density at radius 2 is 1.69 bits per heavy atom. The van der Waals surface area contributed by atoms with Crippen LogP contribution in [0.3, 0.4) is 0 Å². The number of para-hydroxylation sites is 2. The smallest absolute Gasteiger partial charge is 0.274 e. The summed E-state index contributed by atoms with van der Waals surface area (Å²) >= 11 is 0. The lowest BCUT2D eigenvalue weighted by atomic mass is 10.2. The zero-order valence-electron chi connectivity index (χ0n) is 16.1. The summed E-state index contributed by atoms with van der Waals surface area (Å²) in [6.45, 7) is 0.355. The van der Waals surface area contributed by atoms with Crippen LogP contribution in [-0.4, -0.2) is 31.0 Å². The van der Waals surface area contributed by atoms with Crippen molar-refractivity contribution in [1.82, 2.24) is 10.3 Å². The van der Waals surface area contributed by atoms with Crippen LogP contribution >= 0.6 is 0 Å². The third kappa shape index (κ3) is 5.10. The van der Waals surface area contributed by atoms with Crippen LogP contribution in [0.25, 0.3) is 0 Å². The molecule has 0 saturated heterocycles. The number of hydrogen-bond donors (Lipinski definition) is 2. The van der Waals surface area contributed by atoms with Gasteiger partial charge in [-0.1, -0.05) is 24.3 Å². The average Bonchev–Trinajstić information content (AvgIpc) is 2.78. The van der Waals surface area contributed by atoms with Gasteiger partial charge < -0.3 is 20.1 Å². The van der Waals surface area contributed by atoms with E-state index >= 15 is 0 Å². The van der Waals surface area contributed by atoms with Crippen LogP contribution in [0.2, 0.25) is 0 Å². The van der Waals surface area contributed by atoms with Crippen molar-refractivity contribution in [3.05, 3.63) is 83.7 Å². The number of carbonyl (C=O) groups excluding carboxylic acids is 2. The van der Waals surface area contributed by atoms with Crippen molar-refractivity contribution in [1.29, 1.82) is 0 Å². The molecule has 0 atom stereocenters. The van der Waals surface area contributed by atoms with E-state index in [0.29, 0.717) is 23.5 Å². The Morgan fingerprint density at radius 1 is 0.931 bits per heavy atom. The minimum Gasteiger partial charge on any atom is -0.497 e. The fourth-order valence-electron chi connectivity index (χ4n) is 2.66. The molecule has 0 aliphatic heterocycles. The summed E-state index contributed by atoms with van der Waals surface area (Å²) in [7, 11) is 3.12. The average molecular weight is 391 g/mol. The predicted molar refractivity (Wildman–Crippen MR) is 109 cm³/mol. The highest BCUT2D eigenvalue weighted by molar-refractivity contribution is 6.05. The molecule has 7 heteroatoms. The topological polar surface area (TPSA) is 89.5 Å². The van der Waals surface area contributed by atoms with Crippen molar-refractivity contribution in [2.24, 2.45) is 0 Å². The van der Waals surface area contributed by atoms with Gasteiger partial charge in [0.05, 0.1) is 19.9 Å². The van der Waals surface area contributed by atoms with Gasteiger partial charge in [-0.3, -0.25) is 14.6 Å². The van der Waals surface area contributed by atoms with Crippen LogP contribution in [-0.2, 0) is 6.54 Å². The molecule has 0 aliphatic rings. The quantitative estimate of drug-likeness (QED) is 0.645. The summed E-state index contributed by atoms with van der Waals surface area (Å²) in [5.41, 5.74) is 1.94. The molecule has 0 spiro atoms. The molecule has 0 aliphatic carbocycles. The lowest BCUT2D eigenvalue weighted by Gasteiger charge is -2.10. The number of rotatable bonds is 7. The van der Waals surface area contributed by atoms with Crippen LogP contribution in [0.5, 0.6) is 11.5 Å². The number of anilines is 1. The van der Waals surface area contributed by atoms with Crippen molar-refractivity contribution < 1.29 is 19.1 Å². The number of amides is 2. The minimum absolute atomic E-state index is 0.132. The van der Waals surface area contributed by atoms with Gasteiger partial charge in [-0.15, -0.1) is 0 Å². The highest BCUT2D eigenvalue weighted by Gasteiger charge is 2.13. The first-order valence-corrected chi connectivity index (χ1v) is 8.92. The Labute approximate surface area is 168 Å². The van der Waals surface area contributed by atoms with E-state index in [1.807, 2.05) is 24.3 Å². The summed E-state index contributed by atoms with van der Waals surface area (Å²) in [6, 6.07) is 17.5. The van der Waals surface area contributed by atoms with Crippen molar-refractivity contribution in [3.8, 4) is 11.5 Å². The standard InChI is InChI=1S/C22H21N3O4/c1-28-17-9-7-15(8-10-17)14-24-21(26)16-11-12-23-19(13-16)22(27)25-18-5-3-4-6-20(18)29-2/h3-13H,14H2,1-2H3,(H,24,26)(H,25,27). The molecule has 1 aromatic heterocycles. The van der Waals surface area contributed by atoms with E-state index in [0.717, 1.165) is 11.3 Å². The second kappa shape index (κ2) is 9.36. The number of pyridine rings is 1. The summed E-state index contributed by atoms with van der Waals surface area (Å²) in [6.07, 6.45) is 1.43. The first-order valence-electron chi connectivity index (χ1n) is 8.92. The van der Waals surface area contributed by atoms with Crippen molar-refractivity contribution in [2.75, 3.05) is 19.5 Å². The summed E-state index contributed by atoms with van der Waals surface area (Å²) in [4.78, 5) is 29.0. The van der Waals surface area contributed by atoms with Crippen LogP contribution in [0.4, 0.5) is 5.69 Å². The van der Waals surface area contributed by atoms with E-state index < -0.39 is 5.91 Å². The number of hydrogen-bond acceptors (Lipinski definition) is 5. The molecule has 29 heavy (non-hydrogen) atoms. The van der Waals surface area contributed by atoms with Crippen LogP contribution in [0, 0.1) is 0 Å². The van der Waals surface area contributed by atoms with Crippen LogP contribution in [0.1, 0.15) is 26.4 Å². The molecule has 148 valence electrons. The number of aromatic nitrogens is 1.